The zero-order chi connectivity index (χ0) is 19.6. The van der Waals surface area contributed by atoms with Crippen LogP contribution in [0.25, 0.3) is 0 Å². The predicted molar refractivity (Wildman–Crippen MR) is 114 cm³/mol. The molecule has 0 aliphatic carbocycles. The van der Waals surface area contributed by atoms with Crippen LogP contribution in [0.5, 0.6) is 5.75 Å². The van der Waals surface area contributed by atoms with Crippen molar-refractivity contribution in [3.05, 3.63) is 45.9 Å². The lowest BCUT2D eigenvalue weighted by molar-refractivity contribution is 0.305. The number of nitrogens with zero attached hydrogens (tertiary/aromatic N) is 3. The van der Waals surface area contributed by atoms with Crippen LogP contribution in [0.1, 0.15) is 29.2 Å². The number of rotatable bonds is 9. The number of nitrogens with one attached hydrogen (secondary N) is 2. The van der Waals surface area contributed by atoms with Crippen LogP contribution < -0.4 is 15.4 Å². The molecule has 0 bridgehead atoms. The minimum absolute atomic E-state index is 0.178. The van der Waals surface area contributed by atoms with Crippen molar-refractivity contribution in [2.75, 3.05) is 40.8 Å². The van der Waals surface area contributed by atoms with E-state index < -0.39 is 0 Å². The molecule has 0 saturated heterocycles. The van der Waals surface area contributed by atoms with Crippen molar-refractivity contribution in [1.82, 2.24) is 20.5 Å². The first kappa shape index (κ1) is 21.2. The average molecular weight is 390 g/mol. The summed E-state index contributed by atoms with van der Waals surface area (Å²) in [5.41, 5.74) is 2.32. The average Bonchev–Trinajstić information content (AvgIpc) is 3.07. The molecule has 27 heavy (non-hydrogen) atoms. The molecular weight excluding hydrogens is 358 g/mol. The molecule has 148 valence electrons. The monoisotopic (exact) mass is 389 g/mol. The zero-order valence-corrected chi connectivity index (χ0v) is 17.8. The Morgan fingerprint density at radius 1 is 1.33 bits per heavy atom. The number of methoxy groups -OCH3 is 1. The summed E-state index contributed by atoms with van der Waals surface area (Å²) in [7, 11) is 5.84. The molecule has 2 aromatic rings. The first-order valence-corrected chi connectivity index (χ1v) is 10.1. The Bertz CT molecular complexity index is 729. The standard InChI is InChI=1S/C20H31N5OS/c1-6-21-20(22-11-10-17-14-27-15(2)24-17)23-13-19(25(3)4)16-8-7-9-18(12-16)26-5/h7-9,12,14,19H,6,10-11,13H2,1-5H3,(H2,21,22,23). The molecular formula is C20H31N5OS. The summed E-state index contributed by atoms with van der Waals surface area (Å²) in [5.74, 6) is 1.70. The Labute approximate surface area is 166 Å². The van der Waals surface area contributed by atoms with Gasteiger partial charge in [-0.2, -0.15) is 0 Å². The molecule has 6 nitrogen and oxygen atoms in total. The third-order valence-electron chi connectivity index (χ3n) is 4.21. The number of guanidine groups is 1. The molecule has 0 saturated carbocycles. The van der Waals surface area contributed by atoms with Gasteiger partial charge < -0.3 is 20.3 Å². The van der Waals surface area contributed by atoms with E-state index in [-0.39, 0.29) is 6.04 Å². The maximum absolute atomic E-state index is 5.36. The fourth-order valence-electron chi connectivity index (χ4n) is 2.77. The first-order valence-electron chi connectivity index (χ1n) is 9.27. The van der Waals surface area contributed by atoms with E-state index in [1.807, 2.05) is 19.1 Å². The second-order valence-electron chi connectivity index (χ2n) is 6.51. The van der Waals surface area contributed by atoms with Crippen molar-refractivity contribution in [1.29, 1.82) is 0 Å². The number of ether oxygens (including phenoxy) is 1. The quantitative estimate of drug-likeness (QED) is 0.510. The number of hydrogen-bond acceptors (Lipinski definition) is 5. The van der Waals surface area contributed by atoms with Crippen molar-refractivity contribution < 1.29 is 4.74 Å². The van der Waals surface area contributed by atoms with Crippen LogP contribution in [0.2, 0.25) is 0 Å². The van der Waals surface area contributed by atoms with Crippen molar-refractivity contribution in [3.8, 4) is 5.75 Å². The summed E-state index contributed by atoms with van der Waals surface area (Å²) < 4.78 is 5.36. The van der Waals surface area contributed by atoms with Crippen LogP contribution in [-0.2, 0) is 6.42 Å². The van der Waals surface area contributed by atoms with Gasteiger partial charge >= 0.3 is 0 Å². The van der Waals surface area contributed by atoms with Crippen LogP contribution in [0.4, 0.5) is 0 Å². The fraction of sp³-hybridized carbons (Fsp3) is 0.500. The Morgan fingerprint density at radius 2 is 2.15 bits per heavy atom. The van der Waals surface area contributed by atoms with Crippen molar-refractivity contribution >= 4 is 17.3 Å². The Morgan fingerprint density at radius 3 is 2.78 bits per heavy atom. The van der Waals surface area contributed by atoms with E-state index in [2.05, 4.69) is 59.0 Å². The Balaban J connectivity index is 2.00. The van der Waals surface area contributed by atoms with Gasteiger partial charge in [-0.15, -0.1) is 11.3 Å². The summed E-state index contributed by atoms with van der Waals surface area (Å²) >= 11 is 1.69. The lowest BCUT2D eigenvalue weighted by Gasteiger charge is -2.24. The van der Waals surface area contributed by atoms with Gasteiger partial charge in [0.05, 0.1) is 30.4 Å². The molecule has 7 heteroatoms. The lowest BCUT2D eigenvalue weighted by Crippen LogP contribution is -2.39. The minimum atomic E-state index is 0.178. The number of aryl methyl sites for hydroxylation is 1. The number of aliphatic imine (C=N–C) groups is 1. The largest absolute Gasteiger partial charge is 0.497 e. The van der Waals surface area contributed by atoms with Gasteiger partial charge in [0.25, 0.3) is 0 Å². The maximum Gasteiger partial charge on any atom is 0.191 e. The third-order valence-corrected chi connectivity index (χ3v) is 5.03. The topological polar surface area (TPSA) is 61.8 Å². The van der Waals surface area contributed by atoms with E-state index in [0.717, 1.165) is 41.9 Å². The summed E-state index contributed by atoms with van der Waals surface area (Å²) in [6, 6.07) is 8.36. The van der Waals surface area contributed by atoms with Crippen molar-refractivity contribution in [2.24, 2.45) is 4.99 Å². The number of aromatic nitrogens is 1. The number of thiazole rings is 1. The smallest absolute Gasteiger partial charge is 0.191 e. The zero-order valence-electron chi connectivity index (χ0n) is 17.0. The van der Waals surface area contributed by atoms with E-state index in [9.17, 15) is 0 Å². The van der Waals surface area contributed by atoms with E-state index in [1.54, 1.807) is 18.4 Å². The molecule has 0 aliphatic rings. The predicted octanol–water partition coefficient (Wildman–Crippen LogP) is 2.86. The van der Waals surface area contributed by atoms with Crippen molar-refractivity contribution in [3.63, 3.8) is 0 Å². The molecule has 2 rings (SSSR count). The summed E-state index contributed by atoms with van der Waals surface area (Å²) in [4.78, 5) is 11.5. The highest BCUT2D eigenvalue weighted by molar-refractivity contribution is 7.09. The van der Waals surface area contributed by atoms with E-state index in [1.165, 1.54) is 5.56 Å². The van der Waals surface area contributed by atoms with Crippen LogP contribution in [-0.4, -0.2) is 56.7 Å². The second kappa shape index (κ2) is 10.9. The second-order valence-corrected chi connectivity index (χ2v) is 7.57. The van der Waals surface area contributed by atoms with Crippen LogP contribution in [0.3, 0.4) is 0 Å². The molecule has 0 amide bonds. The number of benzene rings is 1. The third kappa shape index (κ3) is 6.84. The van der Waals surface area contributed by atoms with E-state index in [4.69, 9.17) is 9.73 Å². The van der Waals surface area contributed by atoms with Gasteiger partial charge in [0.1, 0.15) is 5.75 Å². The van der Waals surface area contributed by atoms with Gasteiger partial charge in [0, 0.05) is 24.9 Å². The highest BCUT2D eigenvalue weighted by Gasteiger charge is 2.15. The van der Waals surface area contributed by atoms with Crippen LogP contribution in [0, 0.1) is 6.92 Å². The van der Waals surface area contributed by atoms with Crippen LogP contribution >= 0.6 is 11.3 Å². The molecule has 0 radical (unpaired) electrons. The van der Waals surface area contributed by atoms with Crippen LogP contribution in [0.15, 0.2) is 34.6 Å². The molecule has 0 spiro atoms. The van der Waals surface area contributed by atoms with Gasteiger partial charge in [-0.3, -0.25) is 4.99 Å². The fourth-order valence-corrected chi connectivity index (χ4v) is 3.41. The van der Waals surface area contributed by atoms with Gasteiger partial charge in [0.15, 0.2) is 5.96 Å². The number of hydrogen-bond donors (Lipinski definition) is 2. The molecule has 1 unspecified atom stereocenters. The van der Waals surface area contributed by atoms with E-state index >= 15 is 0 Å². The lowest BCUT2D eigenvalue weighted by atomic mass is 10.1. The van der Waals surface area contributed by atoms with E-state index in [0.29, 0.717) is 6.54 Å². The molecule has 1 atom stereocenters. The summed E-state index contributed by atoms with van der Waals surface area (Å²) in [6.45, 7) is 6.40. The SMILES string of the molecule is CCNC(=NCC(c1cccc(OC)c1)N(C)C)NCCc1csc(C)n1. The van der Waals surface area contributed by atoms with Crippen molar-refractivity contribution in [2.45, 2.75) is 26.3 Å². The van der Waals surface area contributed by atoms with Gasteiger partial charge in [-0.1, -0.05) is 12.1 Å². The molecule has 1 aromatic carbocycles. The maximum atomic E-state index is 5.36. The summed E-state index contributed by atoms with van der Waals surface area (Å²) in [5, 5.41) is 9.95. The highest BCUT2D eigenvalue weighted by atomic mass is 32.1. The Kier molecular flexibility index (Phi) is 8.54. The molecule has 2 N–H and O–H groups in total. The Hall–Kier alpha value is -2.12. The normalized spacial score (nSPS) is 12.9. The van der Waals surface area contributed by atoms with Gasteiger partial charge in [-0.25, -0.2) is 4.98 Å². The molecule has 1 aromatic heterocycles. The molecule has 1 heterocycles. The van der Waals surface area contributed by atoms with Gasteiger partial charge in [0.2, 0.25) is 0 Å². The minimum Gasteiger partial charge on any atom is -0.497 e. The molecule has 0 aliphatic heterocycles. The first-order chi connectivity index (χ1) is 13.0. The highest BCUT2D eigenvalue weighted by Crippen LogP contribution is 2.22. The van der Waals surface area contributed by atoms with Gasteiger partial charge in [-0.05, 0) is 45.6 Å². The summed E-state index contributed by atoms with van der Waals surface area (Å²) in [6.07, 6.45) is 0.891. The number of likely N-dealkylation sites (N-methyl/N-ethyl adjacent to an activating group) is 1. The molecule has 0 fully saturated rings.